The predicted octanol–water partition coefficient (Wildman–Crippen LogP) is 12.2. The van der Waals surface area contributed by atoms with Crippen LogP contribution in [0.1, 0.15) is 22.3 Å². The maximum Gasteiger partial charge on any atom is 0.161 e. The number of nitrogens with zero attached hydrogens (tertiary/aromatic N) is 3. The van der Waals surface area contributed by atoms with E-state index in [1.165, 1.54) is 21.9 Å². The standard InChI is InChI=1S/C50H31N3O/c1-2-14-33(15-3-1)43-30-44(35-27-26-32-13-4-5-16-34(32)29-35)53-49(52-43)38-19-11-23-42-48(38)47-37(36-17-12-28-51-31-36)18-10-22-41(47)50(42)39-20-6-8-24-45(39)54-46-25-9-7-21-40(46)50/h1-31H. The summed E-state index contributed by atoms with van der Waals surface area (Å²) in [7, 11) is 0. The van der Waals surface area contributed by atoms with Gasteiger partial charge in [-0.25, -0.2) is 9.97 Å². The van der Waals surface area contributed by atoms with Crippen LogP contribution in [-0.2, 0) is 5.41 Å². The van der Waals surface area contributed by atoms with Crippen LogP contribution >= 0.6 is 0 Å². The third-order valence-corrected chi connectivity index (χ3v) is 11.0. The lowest BCUT2D eigenvalue weighted by Crippen LogP contribution is -2.32. The van der Waals surface area contributed by atoms with Crippen molar-refractivity contribution in [2.45, 2.75) is 5.41 Å². The van der Waals surface area contributed by atoms with Gasteiger partial charge in [0.25, 0.3) is 0 Å². The molecule has 54 heavy (non-hydrogen) atoms. The van der Waals surface area contributed by atoms with Crippen molar-refractivity contribution in [2.75, 3.05) is 0 Å². The van der Waals surface area contributed by atoms with Gasteiger partial charge in [-0.15, -0.1) is 0 Å². The van der Waals surface area contributed by atoms with Crippen molar-refractivity contribution in [3.8, 4) is 67.7 Å². The highest BCUT2D eigenvalue weighted by molar-refractivity contribution is 6.02. The highest BCUT2D eigenvalue weighted by atomic mass is 16.5. The topological polar surface area (TPSA) is 47.9 Å². The van der Waals surface area contributed by atoms with E-state index in [2.05, 4.69) is 169 Å². The van der Waals surface area contributed by atoms with E-state index in [1.54, 1.807) is 0 Å². The Morgan fingerprint density at radius 1 is 0.407 bits per heavy atom. The molecule has 9 aromatic rings. The highest BCUT2D eigenvalue weighted by Gasteiger charge is 2.52. The van der Waals surface area contributed by atoms with Gasteiger partial charge in [0, 0.05) is 45.8 Å². The Labute approximate surface area is 313 Å². The zero-order chi connectivity index (χ0) is 35.6. The van der Waals surface area contributed by atoms with Gasteiger partial charge in [0.05, 0.1) is 16.8 Å². The Kier molecular flexibility index (Phi) is 6.73. The summed E-state index contributed by atoms with van der Waals surface area (Å²) in [6.07, 6.45) is 3.79. The van der Waals surface area contributed by atoms with Gasteiger partial charge in [-0.05, 0) is 68.9 Å². The third kappa shape index (κ3) is 4.47. The summed E-state index contributed by atoms with van der Waals surface area (Å²) < 4.78 is 6.65. The van der Waals surface area contributed by atoms with Crippen LogP contribution in [0.15, 0.2) is 188 Å². The zero-order valence-corrected chi connectivity index (χ0v) is 29.1. The first kappa shape index (κ1) is 30.5. The lowest BCUT2D eigenvalue weighted by atomic mass is 9.66. The van der Waals surface area contributed by atoms with Crippen LogP contribution in [0.2, 0.25) is 0 Å². The fraction of sp³-hybridized carbons (Fsp3) is 0.0200. The van der Waals surface area contributed by atoms with Crippen LogP contribution in [0, 0.1) is 0 Å². The minimum Gasteiger partial charge on any atom is -0.457 e. The predicted molar refractivity (Wildman–Crippen MR) is 216 cm³/mol. The molecule has 2 aliphatic rings. The molecule has 7 aromatic carbocycles. The first-order chi connectivity index (χ1) is 26.8. The van der Waals surface area contributed by atoms with E-state index in [1.807, 2.05) is 24.5 Å². The van der Waals surface area contributed by atoms with Crippen molar-refractivity contribution in [1.29, 1.82) is 0 Å². The largest absolute Gasteiger partial charge is 0.457 e. The van der Waals surface area contributed by atoms with Gasteiger partial charge in [-0.3, -0.25) is 4.98 Å². The molecule has 3 heterocycles. The van der Waals surface area contributed by atoms with Gasteiger partial charge in [0.15, 0.2) is 5.82 Å². The fourth-order valence-corrected chi connectivity index (χ4v) is 8.76. The fourth-order valence-electron chi connectivity index (χ4n) is 8.76. The summed E-state index contributed by atoms with van der Waals surface area (Å²) in [4.78, 5) is 15.4. The zero-order valence-electron chi connectivity index (χ0n) is 29.1. The number of pyridine rings is 1. The Hall–Kier alpha value is -7.17. The van der Waals surface area contributed by atoms with E-state index in [4.69, 9.17) is 14.7 Å². The number of hydrogen-bond donors (Lipinski definition) is 0. The number of rotatable bonds is 4. The van der Waals surface area contributed by atoms with Crippen molar-refractivity contribution in [2.24, 2.45) is 0 Å². The molecule has 1 aliphatic heterocycles. The summed E-state index contributed by atoms with van der Waals surface area (Å²) in [6, 6.07) is 62.0. The van der Waals surface area contributed by atoms with E-state index in [-0.39, 0.29) is 0 Å². The summed E-state index contributed by atoms with van der Waals surface area (Å²) in [5.41, 5.74) is 13.2. The molecular formula is C50H31N3O. The van der Waals surface area contributed by atoms with E-state index >= 15 is 0 Å². The number of para-hydroxylation sites is 2. The molecule has 4 nitrogen and oxygen atoms in total. The molecule has 252 valence electrons. The Bertz CT molecular complexity index is 2870. The van der Waals surface area contributed by atoms with Crippen molar-refractivity contribution in [3.05, 3.63) is 211 Å². The summed E-state index contributed by atoms with van der Waals surface area (Å²) in [5, 5.41) is 2.37. The van der Waals surface area contributed by atoms with Gasteiger partial charge in [-0.1, -0.05) is 146 Å². The molecule has 2 aromatic heterocycles. The Balaban J connectivity index is 1.25. The van der Waals surface area contributed by atoms with Gasteiger partial charge >= 0.3 is 0 Å². The molecular weight excluding hydrogens is 659 g/mol. The van der Waals surface area contributed by atoms with Gasteiger partial charge < -0.3 is 4.74 Å². The van der Waals surface area contributed by atoms with Crippen molar-refractivity contribution in [1.82, 2.24) is 15.0 Å². The van der Waals surface area contributed by atoms with Gasteiger partial charge in [-0.2, -0.15) is 0 Å². The smallest absolute Gasteiger partial charge is 0.161 e. The molecule has 11 rings (SSSR count). The Morgan fingerprint density at radius 3 is 1.72 bits per heavy atom. The summed E-state index contributed by atoms with van der Waals surface area (Å²) in [5.74, 6) is 2.38. The normalized spacial score (nSPS) is 13.1. The highest BCUT2D eigenvalue weighted by Crippen LogP contribution is 2.64. The lowest BCUT2D eigenvalue weighted by molar-refractivity contribution is 0.436. The molecule has 0 fully saturated rings. The number of aromatic nitrogens is 3. The second-order valence-corrected chi connectivity index (χ2v) is 13.9. The van der Waals surface area contributed by atoms with Crippen LogP contribution < -0.4 is 4.74 Å². The lowest BCUT2D eigenvalue weighted by Gasteiger charge is -2.39. The molecule has 0 N–H and O–H groups in total. The van der Waals surface area contributed by atoms with E-state index in [0.717, 1.165) is 73.0 Å². The van der Waals surface area contributed by atoms with E-state index in [9.17, 15) is 0 Å². The molecule has 0 atom stereocenters. The average molecular weight is 690 g/mol. The van der Waals surface area contributed by atoms with Crippen molar-refractivity contribution in [3.63, 3.8) is 0 Å². The minimum absolute atomic E-state index is 0.650. The molecule has 1 spiro atoms. The first-order valence-corrected chi connectivity index (χ1v) is 18.3. The van der Waals surface area contributed by atoms with Crippen LogP contribution in [0.5, 0.6) is 11.5 Å². The second-order valence-electron chi connectivity index (χ2n) is 13.9. The number of benzene rings is 7. The monoisotopic (exact) mass is 689 g/mol. The number of fused-ring (bicyclic) bond motifs is 10. The van der Waals surface area contributed by atoms with Crippen molar-refractivity contribution >= 4 is 10.8 Å². The number of hydrogen-bond acceptors (Lipinski definition) is 4. The molecule has 0 bridgehead atoms. The second kappa shape index (κ2) is 11.9. The van der Waals surface area contributed by atoms with Crippen LogP contribution in [-0.4, -0.2) is 15.0 Å². The summed E-state index contributed by atoms with van der Waals surface area (Å²) in [6.45, 7) is 0. The summed E-state index contributed by atoms with van der Waals surface area (Å²) >= 11 is 0. The number of ether oxygens (including phenoxy) is 1. The molecule has 0 unspecified atom stereocenters. The van der Waals surface area contributed by atoms with Gasteiger partial charge in [0.2, 0.25) is 0 Å². The van der Waals surface area contributed by atoms with Crippen LogP contribution in [0.3, 0.4) is 0 Å². The van der Waals surface area contributed by atoms with Crippen LogP contribution in [0.4, 0.5) is 0 Å². The molecule has 1 aliphatic carbocycles. The third-order valence-electron chi connectivity index (χ3n) is 11.0. The van der Waals surface area contributed by atoms with Gasteiger partial charge in [0.1, 0.15) is 11.5 Å². The maximum atomic E-state index is 6.65. The molecule has 0 saturated heterocycles. The maximum absolute atomic E-state index is 6.65. The van der Waals surface area contributed by atoms with Crippen molar-refractivity contribution < 1.29 is 4.74 Å². The van der Waals surface area contributed by atoms with E-state index < -0.39 is 5.41 Å². The molecule has 0 amide bonds. The SMILES string of the molecule is c1ccc(-c2cc(-c3ccc4ccccc4c3)nc(-c3cccc4c3-c3c(-c5cccnc5)cccc3C43c4ccccc4Oc4ccccc43)n2)cc1. The quantitative estimate of drug-likeness (QED) is 0.185. The molecule has 0 saturated carbocycles. The first-order valence-electron chi connectivity index (χ1n) is 18.3. The Morgan fingerprint density at radius 2 is 1.00 bits per heavy atom. The molecule has 0 radical (unpaired) electrons. The van der Waals surface area contributed by atoms with Crippen LogP contribution in [0.25, 0.3) is 66.9 Å². The van der Waals surface area contributed by atoms with E-state index in [0.29, 0.717) is 5.82 Å². The minimum atomic E-state index is -0.650. The average Bonchev–Trinajstić information content (AvgIpc) is 3.55. The molecule has 4 heteroatoms.